The van der Waals surface area contributed by atoms with Gasteiger partial charge in [0, 0.05) is 26.9 Å². The van der Waals surface area contributed by atoms with E-state index in [0.717, 1.165) is 4.31 Å². The standard InChI is InChI=1S/C14H20N2O6S/c1-10(22-13(17)9-21-4)14(18)15-11-6-5-7-12(8-11)23(19,20)16(2)3/h5-8,10H,9H2,1-4H3,(H,15,18)/t10-/m0/s1. The molecule has 1 N–H and O–H groups in total. The second-order valence-electron chi connectivity index (χ2n) is 4.87. The summed E-state index contributed by atoms with van der Waals surface area (Å²) in [6.45, 7) is 1.15. The van der Waals surface area contributed by atoms with Gasteiger partial charge in [-0.15, -0.1) is 0 Å². The lowest BCUT2D eigenvalue weighted by molar-refractivity contribution is -0.156. The minimum Gasteiger partial charge on any atom is -0.451 e. The van der Waals surface area contributed by atoms with E-state index in [4.69, 9.17) is 4.74 Å². The number of benzene rings is 1. The molecule has 1 aromatic carbocycles. The molecular formula is C14H20N2O6S. The van der Waals surface area contributed by atoms with Gasteiger partial charge in [0.25, 0.3) is 5.91 Å². The number of amides is 1. The SMILES string of the molecule is COCC(=O)O[C@@H](C)C(=O)Nc1cccc(S(=O)(=O)N(C)C)c1. The van der Waals surface area contributed by atoms with Crippen molar-refractivity contribution < 1.29 is 27.5 Å². The Kier molecular flexibility index (Phi) is 6.67. The molecule has 0 heterocycles. The maximum atomic E-state index is 12.1. The molecule has 0 aliphatic rings. The number of carbonyl (C=O) groups excluding carboxylic acids is 2. The fourth-order valence-electron chi connectivity index (χ4n) is 1.59. The molecule has 0 unspecified atom stereocenters. The minimum atomic E-state index is -3.60. The quantitative estimate of drug-likeness (QED) is 0.721. The van der Waals surface area contributed by atoms with E-state index in [2.05, 4.69) is 10.1 Å². The molecule has 0 aliphatic heterocycles. The van der Waals surface area contributed by atoms with Crippen LogP contribution < -0.4 is 5.32 Å². The Morgan fingerprint density at radius 3 is 2.52 bits per heavy atom. The van der Waals surface area contributed by atoms with Crippen LogP contribution in [-0.4, -0.2) is 58.5 Å². The summed E-state index contributed by atoms with van der Waals surface area (Å²) < 4.78 is 34.6. The third-order valence-electron chi connectivity index (χ3n) is 2.82. The molecule has 1 rings (SSSR count). The molecule has 0 radical (unpaired) electrons. The highest BCUT2D eigenvalue weighted by molar-refractivity contribution is 7.89. The predicted molar refractivity (Wildman–Crippen MR) is 83.4 cm³/mol. The van der Waals surface area contributed by atoms with Crippen molar-refractivity contribution >= 4 is 27.6 Å². The summed E-state index contributed by atoms with van der Waals surface area (Å²) in [6, 6.07) is 5.80. The number of methoxy groups -OCH3 is 1. The van der Waals surface area contributed by atoms with Crippen LogP contribution in [0.15, 0.2) is 29.2 Å². The highest BCUT2D eigenvalue weighted by Gasteiger charge is 2.20. The molecule has 8 nitrogen and oxygen atoms in total. The number of hydrogen-bond acceptors (Lipinski definition) is 6. The summed E-state index contributed by atoms with van der Waals surface area (Å²) in [5.74, 6) is -1.24. The van der Waals surface area contributed by atoms with Gasteiger partial charge in [0.2, 0.25) is 10.0 Å². The third kappa shape index (κ3) is 5.31. The van der Waals surface area contributed by atoms with E-state index in [0.29, 0.717) is 0 Å². The van der Waals surface area contributed by atoms with Gasteiger partial charge in [0.1, 0.15) is 6.61 Å². The van der Waals surface area contributed by atoms with Gasteiger partial charge < -0.3 is 14.8 Å². The van der Waals surface area contributed by atoms with E-state index in [1.54, 1.807) is 0 Å². The molecule has 0 saturated heterocycles. The smallest absolute Gasteiger partial charge is 0.332 e. The molecule has 0 fully saturated rings. The normalized spacial score (nSPS) is 12.7. The molecule has 0 spiro atoms. The van der Waals surface area contributed by atoms with Gasteiger partial charge in [-0.25, -0.2) is 17.5 Å². The number of sulfonamides is 1. The van der Waals surface area contributed by atoms with E-state index in [-0.39, 0.29) is 17.2 Å². The van der Waals surface area contributed by atoms with Gasteiger partial charge in [-0.1, -0.05) is 6.07 Å². The molecule has 0 aliphatic carbocycles. The van der Waals surface area contributed by atoms with Crippen LogP contribution in [0.3, 0.4) is 0 Å². The van der Waals surface area contributed by atoms with E-state index >= 15 is 0 Å². The van der Waals surface area contributed by atoms with Crippen LogP contribution in [0.25, 0.3) is 0 Å². The lowest BCUT2D eigenvalue weighted by Crippen LogP contribution is -2.31. The molecule has 0 saturated carbocycles. The topological polar surface area (TPSA) is 102 Å². The van der Waals surface area contributed by atoms with Gasteiger partial charge in [-0.05, 0) is 25.1 Å². The van der Waals surface area contributed by atoms with Crippen LogP contribution in [0, 0.1) is 0 Å². The predicted octanol–water partition coefficient (Wildman–Crippen LogP) is 0.454. The Hall–Kier alpha value is -1.97. The molecule has 9 heteroatoms. The van der Waals surface area contributed by atoms with Crippen molar-refractivity contribution in [2.75, 3.05) is 33.1 Å². The summed E-state index contributed by atoms with van der Waals surface area (Å²) >= 11 is 0. The highest BCUT2D eigenvalue weighted by Crippen LogP contribution is 2.18. The summed E-state index contributed by atoms with van der Waals surface area (Å²) in [7, 11) is 0.564. The first-order valence-corrected chi connectivity index (χ1v) is 8.14. The van der Waals surface area contributed by atoms with E-state index in [9.17, 15) is 18.0 Å². The van der Waals surface area contributed by atoms with Crippen molar-refractivity contribution in [2.24, 2.45) is 0 Å². The van der Waals surface area contributed by atoms with Crippen molar-refractivity contribution in [2.45, 2.75) is 17.9 Å². The summed E-state index contributed by atoms with van der Waals surface area (Å²) in [5, 5.41) is 2.50. The monoisotopic (exact) mass is 344 g/mol. The first-order valence-electron chi connectivity index (χ1n) is 6.70. The van der Waals surface area contributed by atoms with Crippen molar-refractivity contribution in [1.29, 1.82) is 0 Å². The van der Waals surface area contributed by atoms with Gasteiger partial charge in [-0.3, -0.25) is 4.79 Å². The molecule has 128 valence electrons. The Morgan fingerprint density at radius 2 is 1.96 bits per heavy atom. The zero-order valence-electron chi connectivity index (χ0n) is 13.4. The van der Waals surface area contributed by atoms with Crippen LogP contribution >= 0.6 is 0 Å². The van der Waals surface area contributed by atoms with Crippen molar-refractivity contribution in [3.63, 3.8) is 0 Å². The average Bonchev–Trinajstić information content (AvgIpc) is 2.47. The largest absolute Gasteiger partial charge is 0.451 e. The number of carbonyl (C=O) groups is 2. The molecular weight excluding hydrogens is 324 g/mol. The van der Waals surface area contributed by atoms with Crippen LogP contribution in [-0.2, 0) is 29.1 Å². The number of nitrogens with one attached hydrogen (secondary N) is 1. The Morgan fingerprint density at radius 1 is 1.30 bits per heavy atom. The van der Waals surface area contributed by atoms with Crippen molar-refractivity contribution in [3.05, 3.63) is 24.3 Å². The number of ether oxygens (including phenoxy) is 2. The van der Waals surface area contributed by atoms with E-state index < -0.39 is 28.0 Å². The molecule has 23 heavy (non-hydrogen) atoms. The second kappa shape index (κ2) is 8.04. The lowest BCUT2D eigenvalue weighted by atomic mass is 10.3. The number of hydrogen-bond donors (Lipinski definition) is 1. The number of nitrogens with zero attached hydrogens (tertiary/aromatic N) is 1. The average molecular weight is 344 g/mol. The van der Waals surface area contributed by atoms with Gasteiger partial charge >= 0.3 is 5.97 Å². The van der Waals surface area contributed by atoms with E-state index in [1.807, 2.05) is 0 Å². The Balaban J connectivity index is 2.82. The van der Waals surface area contributed by atoms with Gasteiger partial charge in [-0.2, -0.15) is 0 Å². The van der Waals surface area contributed by atoms with Crippen molar-refractivity contribution in [3.8, 4) is 0 Å². The Labute approximate surface area is 135 Å². The summed E-state index contributed by atoms with van der Waals surface area (Å²) in [6.07, 6.45) is -1.04. The zero-order valence-corrected chi connectivity index (χ0v) is 14.2. The molecule has 1 atom stereocenters. The molecule has 0 bridgehead atoms. The maximum absolute atomic E-state index is 12.1. The number of anilines is 1. The zero-order chi connectivity index (χ0) is 17.6. The molecule has 1 aromatic rings. The van der Waals surface area contributed by atoms with Crippen molar-refractivity contribution in [1.82, 2.24) is 4.31 Å². The van der Waals surface area contributed by atoms with Crippen LogP contribution in [0.4, 0.5) is 5.69 Å². The minimum absolute atomic E-state index is 0.0457. The van der Waals surface area contributed by atoms with Crippen LogP contribution in [0.2, 0.25) is 0 Å². The molecule has 0 aromatic heterocycles. The number of rotatable bonds is 7. The number of esters is 1. The van der Waals surface area contributed by atoms with Gasteiger partial charge in [0.15, 0.2) is 6.10 Å². The third-order valence-corrected chi connectivity index (χ3v) is 4.63. The van der Waals surface area contributed by atoms with Crippen LogP contribution in [0.1, 0.15) is 6.92 Å². The fraction of sp³-hybridized carbons (Fsp3) is 0.429. The van der Waals surface area contributed by atoms with Gasteiger partial charge in [0.05, 0.1) is 4.90 Å². The summed E-state index contributed by atoms with van der Waals surface area (Å²) in [4.78, 5) is 23.3. The summed E-state index contributed by atoms with van der Waals surface area (Å²) in [5.41, 5.74) is 0.285. The second-order valence-corrected chi connectivity index (χ2v) is 7.02. The lowest BCUT2D eigenvalue weighted by Gasteiger charge is -2.15. The first-order chi connectivity index (χ1) is 10.7. The van der Waals surface area contributed by atoms with E-state index in [1.165, 1.54) is 52.4 Å². The Bertz CT molecular complexity index is 672. The fourth-order valence-corrected chi connectivity index (χ4v) is 2.54. The molecule has 1 amide bonds. The van der Waals surface area contributed by atoms with Crippen LogP contribution in [0.5, 0.6) is 0 Å². The highest BCUT2D eigenvalue weighted by atomic mass is 32.2. The maximum Gasteiger partial charge on any atom is 0.332 e. The first kappa shape index (κ1) is 19.1.